The lowest BCUT2D eigenvalue weighted by Gasteiger charge is -2.22. The van der Waals surface area contributed by atoms with Crippen molar-refractivity contribution in [1.29, 1.82) is 0 Å². The Morgan fingerprint density at radius 2 is 1.75 bits per heavy atom. The Balaban J connectivity index is 3.74. The average Bonchev–Trinajstić information content (AvgIpc) is 2.26. The zero-order valence-corrected chi connectivity index (χ0v) is 10.6. The third-order valence-corrected chi connectivity index (χ3v) is 2.40. The summed E-state index contributed by atoms with van der Waals surface area (Å²) in [5, 5.41) is 8.37. The molecule has 0 saturated carbocycles. The van der Waals surface area contributed by atoms with E-state index in [1.165, 1.54) is 0 Å². The largest absolute Gasteiger partial charge is 0.356 e. The van der Waals surface area contributed by atoms with Crippen LogP contribution in [0.1, 0.15) is 33.6 Å². The molecular formula is C11H23N3O2. The van der Waals surface area contributed by atoms with Crippen molar-refractivity contribution in [1.82, 2.24) is 16.0 Å². The van der Waals surface area contributed by atoms with Gasteiger partial charge in [0.2, 0.25) is 11.8 Å². The first-order valence-corrected chi connectivity index (χ1v) is 5.68. The van der Waals surface area contributed by atoms with Crippen LogP contribution in [0.4, 0.5) is 0 Å². The van der Waals surface area contributed by atoms with Crippen molar-refractivity contribution in [3.8, 4) is 0 Å². The molecule has 0 aliphatic heterocycles. The minimum Gasteiger partial charge on any atom is -0.356 e. The fourth-order valence-corrected chi connectivity index (χ4v) is 0.977. The van der Waals surface area contributed by atoms with Crippen LogP contribution in [0.5, 0.6) is 0 Å². The fraction of sp³-hybridized carbons (Fsp3) is 0.818. The quantitative estimate of drug-likeness (QED) is 0.576. The third kappa shape index (κ3) is 5.70. The highest BCUT2D eigenvalue weighted by Crippen LogP contribution is 1.99. The van der Waals surface area contributed by atoms with Crippen LogP contribution in [0.25, 0.3) is 0 Å². The van der Waals surface area contributed by atoms with Crippen LogP contribution in [0.2, 0.25) is 0 Å². The molecule has 3 N–H and O–H groups in total. The maximum absolute atomic E-state index is 11.6. The standard InChI is InChI=1S/C11H23N3O2/c1-5-7-13-9(15)6-8-14-10(16)11(2,3)12-4/h12H,5-8H2,1-4H3,(H,13,15)(H,14,16). The highest BCUT2D eigenvalue weighted by molar-refractivity contribution is 5.85. The molecule has 0 bridgehead atoms. The summed E-state index contributed by atoms with van der Waals surface area (Å²) < 4.78 is 0. The summed E-state index contributed by atoms with van der Waals surface area (Å²) in [5.74, 6) is -0.122. The van der Waals surface area contributed by atoms with E-state index in [2.05, 4.69) is 16.0 Å². The Morgan fingerprint density at radius 1 is 1.12 bits per heavy atom. The lowest BCUT2D eigenvalue weighted by atomic mass is 10.1. The van der Waals surface area contributed by atoms with Gasteiger partial charge in [-0.15, -0.1) is 0 Å². The summed E-state index contributed by atoms with van der Waals surface area (Å²) in [7, 11) is 1.73. The topological polar surface area (TPSA) is 70.2 Å². The molecule has 2 amide bonds. The van der Waals surface area contributed by atoms with E-state index in [0.29, 0.717) is 19.5 Å². The van der Waals surface area contributed by atoms with Crippen molar-refractivity contribution >= 4 is 11.8 Å². The molecule has 0 saturated heterocycles. The van der Waals surface area contributed by atoms with E-state index in [-0.39, 0.29) is 11.8 Å². The molecule has 0 aromatic carbocycles. The summed E-state index contributed by atoms with van der Waals surface area (Å²) in [5.41, 5.74) is -0.597. The van der Waals surface area contributed by atoms with Crippen molar-refractivity contribution in [3.05, 3.63) is 0 Å². The Labute approximate surface area is 97.4 Å². The van der Waals surface area contributed by atoms with Crippen LogP contribution in [0.3, 0.4) is 0 Å². The highest BCUT2D eigenvalue weighted by atomic mass is 16.2. The van der Waals surface area contributed by atoms with Crippen LogP contribution in [-0.4, -0.2) is 37.5 Å². The molecule has 94 valence electrons. The predicted octanol–water partition coefficient (Wildman–Crippen LogP) is 0.0169. The van der Waals surface area contributed by atoms with Crippen LogP contribution >= 0.6 is 0 Å². The van der Waals surface area contributed by atoms with Crippen molar-refractivity contribution in [2.75, 3.05) is 20.1 Å². The lowest BCUT2D eigenvalue weighted by molar-refractivity contribution is -0.126. The van der Waals surface area contributed by atoms with Crippen LogP contribution in [0.15, 0.2) is 0 Å². The van der Waals surface area contributed by atoms with E-state index in [1.807, 2.05) is 6.92 Å². The zero-order chi connectivity index (χ0) is 12.6. The van der Waals surface area contributed by atoms with Gasteiger partial charge in [0.05, 0.1) is 5.54 Å². The summed E-state index contributed by atoms with van der Waals surface area (Å²) >= 11 is 0. The number of carbonyl (C=O) groups is 2. The van der Waals surface area contributed by atoms with E-state index in [4.69, 9.17) is 0 Å². The van der Waals surface area contributed by atoms with Gasteiger partial charge < -0.3 is 16.0 Å². The summed E-state index contributed by atoms with van der Waals surface area (Å²) in [6, 6.07) is 0. The van der Waals surface area contributed by atoms with Crippen LogP contribution in [0, 0.1) is 0 Å². The maximum atomic E-state index is 11.6. The molecule has 0 aromatic heterocycles. The van der Waals surface area contributed by atoms with Crippen LogP contribution in [-0.2, 0) is 9.59 Å². The molecule has 0 radical (unpaired) electrons. The SMILES string of the molecule is CCCNC(=O)CCNC(=O)C(C)(C)NC. The van der Waals surface area contributed by atoms with Gasteiger partial charge in [-0.1, -0.05) is 6.92 Å². The number of hydrogen-bond donors (Lipinski definition) is 3. The number of likely N-dealkylation sites (N-methyl/N-ethyl adjacent to an activating group) is 1. The van der Waals surface area contributed by atoms with Crippen molar-refractivity contribution < 1.29 is 9.59 Å². The van der Waals surface area contributed by atoms with Crippen molar-refractivity contribution in [2.45, 2.75) is 39.2 Å². The number of amides is 2. The van der Waals surface area contributed by atoms with Gasteiger partial charge in [0.1, 0.15) is 0 Å². The van der Waals surface area contributed by atoms with Gasteiger partial charge in [-0.2, -0.15) is 0 Å². The third-order valence-electron chi connectivity index (χ3n) is 2.40. The molecule has 0 aromatic rings. The smallest absolute Gasteiger partial charge is 0.239 e. The molecule has 5 heteroatoms. The molecule has 5 nitrogen and oxygen atoms in total. The number of hydrogen-bond acceptors (Lipinski definition) is 3. The van der Waals surface area contributed by atoms with Gasteiger partial charge in [-0.3, -0.25) is 9.59 Å². The molecule has 16 heavy (non-hydrogen) atoms. The summed E-state index contributed by atoms with van der Waals surface area (Å²) in [6.07, 6.45) is 1.25. The first-order chi connectivity index (χ1) is 7.44. The molecule has 0 heterocycles. The first-order valence-electron chi connectivity index (χ1n) is 5.68. The van der Waals surface area contributed by atoms with Gasteiger partial charge in [-0.25, -0.2) is 0 Å². The molecule has 0 spiro atoms. The molecule has 0 atom stereocenters. The second kappa shape index (κ2) is 7.22. The van der Waals surface area contributed by atoms with E-state index < -0.39 is 5.54 Å². The van der Waals surface area contributed by atoms with E-state index in [1.54, 1.807) is 20.9 Å². The molecule has 0 rings (SSSR count). The fourth-order valence-electron chi connectivity index (χ4n) is 0.977. The molecule has 0 aliphatic carbocycles. The van der Waals surface area contributed by atoms with Gasteiger partial charge in [0.15, 0.2) is 0 Å². The maximum Gasteiger partial charge on any atom is 0.239 e. The van der Waals surface area contributed by atoms with E-state index in [9.17, 15) is 9.59 Å². The van der Waals surface area contributed by atoms with Gasteiger partial charge in [-0.05, 0) is 27.3 Å². The summed E-state index contributed by atoms with van der Waals surface area (Å²) in [6.45, 7) is 6.64. The van der Waals surface area contributed by atoms with Crippen LogP contribution < -0.4 is 16.0 Å². The molecule has 0 fully saturated rings. The zero-order valence-electron chi connectivity index (χ0n) is 10.6. The minimum atomic E-state index is -0.597. The first kappa shape index (κ1) is 14.9. The lowest BCUT2D eigenvalue weighted by Crippen LogP contribution is -2.51. The number of nitrogens with one attached hydrogen (secondary N) is 3. The molecule has 0 unspecified atom stereocenters. The van der Waals surface area contributed by atoms with E-state index in [0.717, 1.165) is 6.42 Å². The summed E-state index contributed by atoms with van der Waals surface area (Å²) in [4.78, 5) is 22.8. The Morgan fingerprint density at radius 3 is 2.25 bits per heavy atom. The Hall–Kier alpha value is -1.10. The minimum absolute atomic E-state index is 0.0237. The normalized spacial score (nSPS) is 11.0. The van der Waals surface area contributed by atoms with Crippen molar-refractivity contribution in [3.63, 3.8) is 0 Å². The predicted molar refractivity (Wildman–Crippen MR) is 64.1 cm³/mol. The van der Waals surface area contributed by atoms with Gasteiger partial charge >= 0.3 is 0 Å². The number of carbonyl (C=O) groups excluding carboxylic acids is 2. The molecular weight excluding hydrogens is 206 g/mol. The second-order valence-corrected chi connectivity index (χ2v) is 4.23. The Bertz CT molecular complexity index is 239. The van der Waals surface area contributed by atoms with E-state index >= 15 is 0 Å². The van der Waals surface area contributed by atoms with Gasteiger partial charge in [0.25, 0.3) is 0 Å². The second-order valence-electron chi connectivity index (χ2n) is 4.23. The Kier molecular flexibility index (Phi) is 6.72. The monoisotopic (exact) mass is 229 g/mol. The van der Waals surface area contributed by atoms with Crippen molar-refractivity contribution in [2.24, 2.45) is 0 Å². The highest BCUT2D eigenvalue weighted by Gasteiger charge is 2.24. The molecule has 0 aliphatic rings. The number of rotatable bonds is 7. The average molecular weight is 229 g/mol. The van der Waals surface area contributed by atoms with Gasteiger partial charge in [0, 0.05) is 19.5 Å².